The Labute approximate surface area is 95.3 Å². The van der Waals surface area contributed by atoms with Gasteiger partial charge in [0.15, 0.2) is 0 Å². The molecule has 0 aromatic rings. The van der Waals surface area contributed by atoms with Crippen molar-refractivity contribution in [1.29, 1.82) is 0 Å². The van der Waals surface area contributed by atoms with Crippen molar-refractivity contribution in [3.8, 4) is 0 Å². The maximum atomic E-state index is 12.0. The number of ether oxygens (including phenoxy) is 2. The third kappa shape index (κ3) is 1.51. The predicted octanol–water partition coefficient (Wildman–Crippen LogP) is 1.53. The van der Waals surface area contributed by atoms with E-state index < -0.39 is 5.41 Å². The molecule has 0 N–H and O–H groups in total. The maximum absolute atomic E-state index is 12.0. The van der Waals surface area contributed by atoms with Crippen molar-refractivity contribution in [2.75, 3.05) is 7.11 Å². The van der Waals surface area contributed by atoms with Crippen LogP contribution in [-0.4, -0.2) is 25.2 Å². The lowest BCUT2D eigenvalue weighted by Gasteiger charge is -2.23. The van der Waals surface area contributed by atoms with Gasteiger partial charge < -0.3 is 9.47 Å². The Hall–Kier alpha value is -1.06. The first-order chi connectivity index (χ1) is 7.49. The van der Waals surface area contributed by atoms with Gasteiger partial charge >= 0.3 is 11.9 Å². The minimum Gasteiger partial charge on any atom is -0.469 e. The van der Waals surface area contributed by atoms with E-state index >= 15 is 0 Å². The summed E-state index contributed by atoms with van der Waals surface area (Å²) in [6.07, 6.45) is 1.81. The number of methoxy groups -OCH3 is 1. The van der Waals surface area contributed by atoms with E-state index in [0.29, 0.717) is 5.92 Å². The number of hydrogen-bond acceptors (Lipinski definition) is 4. The first-order valence-corrected chi connectivity index (χ1v) is 5.77. The topological polar surface area (TPSA) is 52.6 Å². The Kier molecular flexibility index (Phi) is 2.68. The van der Waals surface area contributed by atoms with Crippen LogP contribution < -0.4 is 0 Å². The lowest BCUT2D eigenvalue weighted by atomic mass is 9.75. The van der Waals surface area contributed by atoms with Gasteiger partial charge in [0.05, 0.1) is 18.9 Å². The molecule has 4 atom stereocenters. The van der Waals surface area contributed by atoms with Gasteiger partial charge in [-0.2, -0.15) is 0 Å². The van der Waals surface area contributed by atoms with E-state index in [2.05, 4.69) is 11.7 Å². The summed E-state index contributed by atoms with van der Waals surface area (Å²) in [6, 6.07) is 0. The van der Waals surface area contributed by atoms with Gasteiger partial charge in [-0.1, -0.05) is 6.92 Å². The van der Waals surface area contributed by atoms with Gasteiger partial charge in [-0.3, -0.25) is 9.59 Å². The second-order valence-electron chi connectivity index (χ2n) is 5.17. The summed E-state index contributed by atoms with van der Waals surface area (Å²) >= 11 is 0. The molecule has 4 heteroatoms. The van der Waals surface area contributed by atoms with Crippen molar-refractivity contribution in [3.63, 3.8) is 0 Å². The van der Waals surface area contributed by atoms with Crippen LogP contribution in [0.25, 0.3) is 0 Å². The molecule has 2 aliphatic rings. The largest absolute Gasteiger partial charge is 0.469 e. The fraction of sp³-hybridized carbons (Fsp3) is 0.833. The van der Waals surface area contributed by atoms with Crippen molar-refractivity contribution in [1.82, 2.24) is 0 Å². The van der Waals surface area contributed by atoms with Gasteiger partial charge in [-0.25, -0.2) is 0 Å². The van der Waals surface area contributed by atoms with Crippen LogP contribution in [0.15, 0.2) is 0 Å². The molecule has 90 valence electrons. The number of fused-ring (bicyclic) bond motifs is 1. The summed E-state index contributed by atoms with van der Waals surface area (Å²) < 4.78 is 9.97. The molecular weight excluding hydrogens is 208 g/mol. The zero-order valence-corrected chi connectivity index (χ0v) is 9.99. The van der Waals surface area contributed by atoms with Crippen LogP contribution >= 0.6 is 0 Å². The van der Waals surface area contributed by atoms with Gasteiger partial charge in [-0.15, -0.1) is 0 Å². The minimum absolute atomic E-state index is 0.0675. The van der Waals surface area contributed by atoms with Gasteiger partial charge in [0.25, 0.3) is 0 Å². The Morgan fingerprint density at radius 1 is 1.56 bits per heavy atom. The fourth-order valence-electron chi connectivity index (χ4n) is 3.36. The lowest BCUT2D eigenvalue weighted by Crippen LogP contribution is -2.33. The van der Waals surface area contributed by atoms with Crippen molar-refractivity contribution in [3.05, 3.63) is 0 Å². The highest BCUT2D eigenvalue weighted by atomic mass is 16.6. The molecule has 1 aliphatic heterocycles. The second-order valence-corrected chi connectivity index (χ2v) is 5.17. The molecule has 1 heterocycles. The van der Waals surface area contributed by atoms with Gasteiger partial charge in [0.1, 0.15) is 6.10 Å². The van der Waals surface area contributed by atoms with Crippen LogP contribution in [-0.2, 0) is 19.1 Å². The Bertz CT molecular complexity index is 325. The second kappa shape index (κ2) is 3.75. The van der Waals surface area contributed by atoms with Gasteiger partial charge in [0, 0.05) is 5.92 Å². The first kappa shape index (κ1) is 11.4. The van der Waals surface area contributed by atoms with E-state index in [1.54, 1.807) is 0 Å². The van der Waals surface area contributed by atoms with Crippen LogP contribution in [0.3, 0.4) is 0 Å². The van der Waals surface area contributed by atoms with Gasteiger partial charge in [0.2, 0.25) is 0 Å². The zero-order valence-electron chi connectivity index (χ0n) is 9.99. The average molecular weight is 226 g/mol. The summed E-state index contributed by atoms with van der Waals surface area (Å²) in [4.78, 5) is 23.4. The molecule has 0 bridgehead atoms. The minimum atomic E-state index is -0.605. The quantitative estimate of drug-likeness (QED) is 0.670. The molecule has 0 aromatic carbocycles. The van der Waals surface area contributed by atoms with E-state index in [4.69, 9.17) is 4.74 Å². The third-order valence-corrected chi connectivity index (χ3v) is 4.03. The lowest BCUT2D eigenvalue weighted by molar-refractivity contribution is -0.155. The summed E-state index contributed by atoms with van der Waals surface area (Å²) in [6.45, 7) is 4.04. The number of hydrogen-bond donors (Lipinski definition) is 0. The van der Waals surface area contributed by atoms with Crippen molar-refractivity contribution >= 4 is 11.9 Å². The molecule has 1 saturated carbocycles. The van der Waals surface area contributed by atoms with E-state index in [-0.39, 0.29) is 30.4 Å². The van der Waals surface area contributed by atoms with Crippen molar-refractivity contribution < 1.29 is 19.1 Å². The van der Waals surface area contributed by atoms with Crippen LogP contribution in [0.4, 0.5) is 0 Å². The highest BCUT2D eigenvalue weighted by molar-refractivity contribution is 5.86. The number of esters is 2. The molecule has 2 fully saturated rings. The molecule has 4 unspecified atom stereocenters. The number of carbonyl (C=O) groups is 2. The van der Waals surface area contributed by atoms with Crippen LogP contribution in [0, 0.1) is 17.3 Å². The smallest absolute Gasteiger partial charge is 0.313 e. The molecule has 0 aromatic heterocycles. The summed E-state index contributed by atoms with van der Waals surface area (Å²) in [5.74, 6) is 0.129. The Morgan fingerprint density at radius 2 is 2.25 bits per heavy atom. The van der Waals surface area contributed by atoms with Crippen LogP contribution in [0.1, 0.15) is 33.1 Å². The fourth-order valence-corrected chi connectivity index (χ4v) is 3.36. The Balaban J connectivity index is 2.26. The highest BCUT2D eigenvalue weighted by Gasteiger charge is 2.60. The Morgan fingerprint density at radius 3 is 2.88 bits per heavy atom. The number of rotatable bonds is 2. The average Bonchev–Trinajstić information content (AvgIpc) is 2.64. The van der Waals surface area contributed by atoms with Gasteiger partial charge in [-0.05, 0) is 25.7 Å². The van der Waals surface area contributed by atoms with E-state index in [1.807, 2.05) is 6.92 Å². The summed E-state index contributed by atoms with van der Waals surface area (Å²) in [5, 5.41) is 0. The molecule has 0 radical (unpaired) electrons. The van der Waals surface area contributed by atoms with Crippen LogP contribution in [0.2, 0.25) is 0 Å². The molecular formula is C12H18O4. The zero-order chi connectivity index (χ0) is 11.9. The van der Waals surface area contributed by atoms with Crippen LogP contribution in [0.5, 0.6) is 0 Å². The molecule has 16 heavy (non-hydrogen) atoms. The van der Waals surface area contributed by atoms with Crippen molar-refractivity contribution in [2.45, 2.75) is 39.2 Å². The molecule has 1 aliphatic carbocycles. The monoisotopic (exact) mass is 226 g/mol. The first-order valence-electron chi connectivity index (χ1n) is 5.77. The highest BCUT2D eigenvalue weighted by Crippen LogP contribution is 2.55. The molecule has 4 nitrogen and oxygen atoms in total. The summed E-state index contributed by atoms with van der Waals surface area (Å²) in [7, 11) is 1.36. The molecule has 1 saturated heterocycles. The number of cyclic esters (lactones) is 1. The molecule has 0 amide bonds. The SMILES string of the molecule is COC(=O)CC12CC(C)CC1C(C)OC2=O. The van der Waals surface area contributed by atoms with E-state index in [9.17, 15) is 9.59 Å². The third-order valence-electron chi connectivity index (χ3n) is 4.03. The predicted molar refractivity (Wildman–Crippen MR) is 56.5 cm³/mol. The van der Waals surface area contributed by atoms with E-state index in [0.717, 1.165) is 12.8 Å². The van der Waals surface area contributed by atoms with E-state index in [1.165, 1.54) is 7.11 Å². The normalized spacial score (nSPS) is 41.7. The van der Waals surface area contributed by atoms with Crippen molar-refractivity contribution in [2.24, 2.45) is 17.3 Å². The molecule has 0 spiro atoms. The maximum Gasteiger partial charge on any atom is 0.313 e. The summed E-state index contributed by atoms with van der Waals surface area (Å²) in [5.41, 5.74) is -0.605. The standard InChI is InChI=1S/C12H18O4/c1-7-4-9-8(2)16-11(14)12(9,5-7)6-10(13)15-3/h7-9H,4-6H2,1-3H3. The number of carbonyl (C=O) groups excluding carboxylic acids is 2. The molecule has 2 rings (SSSR count).